The van der Waals surface area contributed by atoms with Crippen molar-refractivity contribution in [2.45, 2.75) is 38.7 Å². The molecule has 0 radical (unpaired) electrons. The minimum atomic E-state index is -0.468. The van der Waals surface area contributed by atoms with Gasteiger partial charge in [0.2, 0.25) is 0 Å². The number of nitrogens with zero attached hydrogens (tertiary/aromatic N) is 1. The summed E-state index contributed by atoms with van der Waals surface area (Å²) in [5.74, 6) is 0. The molecule has 0 saturated carbocycles. The second-order valence-electron chi connectivity index (χ2n) is 4.43. The molecule has 1 heterocycles. The molecule has 1 aliphatic rings. The van der Waals surface area contributed by atoms with Crippen molar-refractivity contribution in [2.24, 2.45) is 0 Å². The van der Waals surface area contributed by atoms with Gasteiger partial charge in [-0.2, -0.15) is 0 Å². The molecule has 1 atom stereocenters. The van der Waals surface area contributed by atoms with Crippen LogP contribution in [0.1, 0.15) is 33.1 Å². The largest absolute Gasteiger partial charge is 0.389 e. The van der Waals surface area contributed by atoms with Gasteiger partial charge in [-0.3, -0.25) is 0 Å². The summed E-state index contributed by atoms with van der Waals surface area (Å²) in [4.78, 5) is 2.34. The van der Waals surface area contributed by atoms with Crippen molar-refractivity contribution < 1.29 is 9.84 Å². The fourth-order valence-corrected chi connectivity index (χ4v) is 2.05. The summed E-state index contributed by atoms with van der Waals surface area (Å²) in [6.45, 7) is 8.60. The van der Waals surface area contributed by atoms with Gasteiger partial charge in [0.25, 0.3) is 0 Å². The molecule has 0 aromatic heterocycles. The van der Waals surface area contributed by atoms with Crippen LogP contribution in [0.4, 0.5) is 0 Å². The van der Waals surface area contributed by atoms with Crippen LogP contribution in [0.25, 0.3) is 0 Å². The van der Waals surface area contributed by atoms with Crippen LogP contribution in [-0.4, -0.2) is 48.5 Å². The van der Waals surface area contributed by atoms with E-state index in [-0.39, 0.29) is 0 Å². The number of hydrogen-bond donors (Lipinski definition) is 1. The highest BCUT2D eigenvalue weighted by Crippen LogP contribution is 2.19. The van der Waals surface area contributed by atoms with Crippen LogP contribution in [0.3, 0.4) is 0 Å². The van der Waals surface area contributed by atoms with E-state index in [0.29, 0.717) is 0 Å². The minimum Gasteiger partial charge on any atom is -0.389 e. The Morgan fingerprint density at radius 1 is 1.50 bits per heavy atom. The third-order valence-electron chi connectivity index (χ3n) is 2.72. The molecule has 0 aromatic carbocycles. The lowest BCUT2D eigenvalue weighted by atomic mass is 9.95. The Labute approximate surface area is 87.1 Å². The molecule has 14 heavy (non-hydrogen) atoms. The first kappa shape index (κ1) is 12.0. The highest BCUT2D eigenvalue weighted by molar-refractivity contribution is 4.82. The van der Waals surface area contributed by atoms with E-state index in [1.807, 2.05) is 13.8 Å². The molecular weight excluding hydrogens is 178 g/mol. The van der Waals surface area contributed by atoms with Crippen molar-refractivity contribution in [3.8, 4) is 0 Å². The zero-order valence-electron chi connectivity index (χ0n) is 9.46. The SMILES string of the molecule is CCOCCCN1CCCC(C)(O)C1. The molecule has 0 aromatic rings. The molecular formula is C11H23NO2. The summed E-state index contributed by atoms with van der Waals surface area (Å²) >= 11 is 0. The molecule has 1 aliphatic heterocycles. The van der Waals surface area contributed by atoms with E-state index < -0.39 is 5.60 Å². The highest BCUT2D eigenvalue weighted by atomic mass is 16.5. The Bertz CT molecular complexity index is 159. The van der Waals surface area contributed by atoms with Crippen LogP contribution in [0.2, 0.25) is 0 Å². The summed E-state index contributed by atoms with van der Waals surface area (Å²) in [7, 11) is 0. The van der Waals surface area contributed by atoms with Gasteiger partial charge in [0.05, 0.1) is 5.60 Å². The van der Waals surface area contributed by atoms with Gasteiger partial charge in [-0.25, -0.2) is 0 Å². The van der Waals surface area contributed by atoms with E-state index in [0.717, 1.165) is 52.1 Å². The molecule has 0 bridgehead atoms. The highest BCUT2D eigenvalue weighted by Gasteiger charge is 2.27. The van der Waals surface area contributed by atoms with Crippen LogP contribution in [-0.2, 0) is 4.74 Å². The van der Waals surface area contributed by atoms with Gasteiger partial charge in [0, 0.05) is 26.3 Å². The molecule has 0 spiro atoms. The summed E-state index contributed by atoms with van der Waals surface area (Å²) in [5, 5.41) is 9.87. The summed E-state index contributed by atoms with van der Waals surface area (Å²) in [5.41, 5.74) is -0.468. The fraction of sp³-hybridized carbons (Fsp3) is 1.00. The number of rotatable bonds is 5. The number of aliphatic hydroxyl groups is 1. The van der Waals surface area contributed by atoms with Gasteiger partial charge in [-0.15, -0.1) is 0 Å². The van der Waals surface area contributed by atoms with E-state index >= 15 is 0 Å². The van der Waals surface area contributed by atoms with Crippen LogP contribution in [0, 0.1) is 0 Å². The first-order valence-electron chi connectivity index (χ1n) is 5.66. The summed E-state index contributed by atoms with van der Waals surface area (Å²) < 4.78 is 5.29. The monoisotopic (exact) mass is 201 g/mol. The maximum atomic E-state index is 9.87. The quantitative estimate of drug-likeness (QED) is 0.680. The van der Waals surface area contributed by atoms with Crippen LogP contribution < -0.4 is 0 Å². The van der Waals surface area contributed by atoms with Crippen molar-refractivity contribution in [2.75, 3.05) is 32.8 Å². The van der Waals surface area contributed by atoms with Gasteiger partial charge >= 0.3 is 0 Å². The molecule has 1 saturated heterocycles. The van der Waals surface area contributed by atoms with Gasteiger partial charge in [0.1, 0.15) is 0 Å². The van der Waals surface area contributed by atoms with Gasteiger partial charge in [-0.1, -0.05) is 0 Å². The van der Waals surface area contributed by atoms with E-state index in [4.69, 9.17) is 4.74 Å². The first-order chi connectivity index (χ1) is 6.64. The minimum absolute atomic E-state index is 0.468. The Kier molecular flexibility index (Phi) is 4.85. The number of piperidine rings is 1. The Hall–Kier alpha value is -0.120. The Morgan fingerprint density at radius 2 is 2.29 bits per heavy atom. The first-order valence-corrected chi connectivity index (χ1v) is 5.66. The lowest BCUT2D eigenvalue weighted by molar-refractivity contribution is -0.0177. The molecule has 1 fully saturated rings. The van der Waals surface area contributed by atoms with Crippen molar-refractivity contribution in [3.05, 3.63) is 0 Å². The molecule has 1 N–H and O–H groups in total. The van der Waals surface area contributed by atoms with Gasteiger partial charge in [0.15, 0.2) is 0 Å². The zero-order valence-corrected chi connectivity index (χ0v) is 9.46. The van der Waals surface area contributed by atoms with Gasteiger partial charge in [-0.05, 0) is 39.7 Å². The number of ether oxygens (including phenoxy) is 1. The lowest BCUT2D eigenvalue weighted by Gasteiger charge is -2.36. The maximum Gasteiger partial charge on any atom is 0.0746 e. The number of β-amino-alcohol motifs (C(OH)–C–C–N with tert-alkyl or cyclic N) is 1. The summed E-state index contributed by atoms with van der Waals surface area (Å²) in [6, 6.07) is 0. The van der Waals surface area contributed by atoms with Crippen molar-refractivity contribution in [3.63, 3.8) is 0 Å². The molecule has 0 aliphatic carbocycles. The molecule has 84 valence electrons. The Balaban J connectivity index is 2.12. The molecule has 3 heteroatoms. The maximum absolute atomic E-state index is 9.87. The normalized spacial score (nSPS) is 29.4. The Morgan fingerprint density at radius 3 is 2.93 bits per heavy atom. The number of hydrogen-bond acceptors (Lipinski definition) is 3. The smallest absolute Gasteiger partial charge is 0.0746 e. The second kappa shape index (κ2) is 5.69. The van der Waals surface area contributed by atoms with Crippen LogP contribution in [0.15, 0.2) is 0 Å². The zero-order chi connectivity index (χ0) is 10.4. The number of likely N-dealkylation sites (tertiary alicyclic amines) is 1. The fourth-order valence-electron chi connectivity index (χ4n) is 2.05. The van der Waals surface area contributed by atoms with Crippen molar-refractivity contribution in [1.82, 2.24) is 4.90 Å². The van der Waals surface area contributed by atoms with E-state index in [9.17, 15) is 5.11 Å². The second-order valence-corrected chi connectivity index (χ2v) is 4.43. The average Bonchev–Trinajstić information content (AvgIpc) is 2.11. The molecule has 1 unspecified atom stereocenters. The van der Waals surface area contributed by atoms with E-state index in [1.165, 1.54) is 0 Å². The predicted octanol–water partition coefficient (Wildman–Crippen LogP) is 1.26. The van der Waals surface area contributed by atoms with E-state index in [2.05, 4.69) is 4.90 Å². The third-order valence-corrected chi connectivity index (χ3v) is 2.72. The van der Waals surface area contributed by atoms with Crippen molar-refractivity contribution >= 4 is 0 Å². The van der Waals surface area contributed by atoms with Crippen LogP contribution in [0.5, 0.6) is 0 Å². The molecule has 3 nitrogen and oxygen atoms in total. The lowest BCUT2D eigenvalue weighted by Crippen LogP contribution is -2.46. The predicted molar refractivity (Wildman–Crippen MR) is 57.4 cm³/mol. The molecule has 0 amide bonds. The third kappa shape index (κ3) is 4.40. The van der Waals surface area contributed by atoms with Crippen molar-refractivity contribution in [1.29, 1.82) is 0 Å². The van der Waals surface area contributed by atoms with E-state index in [1.54, 1.807) is 0 Å². The standard InChI is InChI=1S/C11H23NO2/c1-3-14-9-5-8-12-7-4-6-11(2,13)10-12/h13H,3-10H2,1-2H3. The topological polar surface area (TPSA) is 32.7 Å². The average molecular weight is 201 g/mol. The summed E-state index contributed by atoms with van der Waals surface area (Å²) in [6.07, 6.45) is 3.13. The molecule has 1 rings (SSSR count). The van der Waals surface area contributed by atoms with Gasteiger partial charge < -0.3 is 14.7 Å². The van der Waals surface area contributed by atoms with Crippen LogP contribution >= 0.6 is 0 Å².